The van der Waals surface area contributed by atoms with Crippen LogP contribution in [0.15, 0.2) is 34.3 Å². The lowest BCUT2D eigenvalue weighted by Crippen LogP contribution is -2.29. The predicted molar refractivity (Wildman–Crippen MR) is 114 cm³/mol. The number of carbonyl (C=O) groups is 1. The molecule has 1 aliphatic rings. The molecule has 7 N–H and O–H groups in total. The standard InChI is InChI=1S/C11H14ClN5O2S.C7H14O2/c1-17-5-9(12)7-3-2-6(20(15,18)19)4-8(7)10(17)16-11(13)14;1-3-4-5-6(2)7(8)9/h2-5,10H,1H3,(H4,13,14,16)(H2,15,18,19);6H,3-5H2,1-2H3,(H,8,9). The topological polar surface area (TPSA) is 165 Å². The van der Waals surface area contributed by atoms with Gasteiger partial charge in [-0.3, -0.25) is 4.79 Å². The van der Waals surface area contributed by atoms with Crippen molar-refractivity contribution < 1.29 is 18.3 Å². The number of carboxylic acid groups (broad SMARTS) is 1. The Hall–Kier alpha value is -2.30. The summed E-state index contributed by atoms with van der Waals surface area (Å²) in [5.41, 5.74) is 12.0. The zero-order chi connectivity index (χ0) is 22.4. The fourth-order valence-electron chi connectivity index (χ4n) is 2.62. The smallest absolute Gasteiger partial charge is 0.306 e. The van der Waals surface area contributed by atoms with Gasteiger partial charge in [-0.1, -0.05) is 44.4 Å². The Labute approximate surface area is 176 Å². The van der Waals surface area contributed by atoms with E-state index in [4.69, 9.17) is 33.3 Å². The van der Waals surface area contributed by atoms with Crippen molar-refractivity contribution in [1.29, 1.82) is 0 Å². The van der Waals surface area contributed by atoms with E-state index in [-0.39, 0.29) is 16.8 Å². The van der Waals surface area contributed by atoms with Gasteiger partial charge in [-0.2, -0.15) is 0 Å². The van der Waals surface area contributed by atoms with Crippen LogP contribution in [0, 0.1) is 5.92 Å². The average molecular weight is 446 g/mol. The number of carboxylic acids is 1. The minimum Gasteiger partial charge on any atom is -0.481 e. The van der Waals surface area contributed by atoms with Crippen LogP contribution >= 0.6 is 11.6 Å². The Morgan fingerprint density at radius 1 is 1.38 bits per heavy atom. The summed E-state index contributed by atoms with van der Waals surface area (Å²) in [4.78, 5) is 15.9. The summed E-state index contributed by atoms with van der Waals surface area (Å²) in [5, 5.41) is 14.0. The molecule has 2 atom stereocenters. The van der Waals surface area contributed by atoms with Crippen LogP contribution in [0.4, 0.5) is 0 Å². The molecule has 1 aromatic rings. The first-order valence-corrected chi connectivity index (χ1v) is 10.9. The van der Waals surface area contributed by atoms with Gasteiger partial charge in [-0.25, -0.2) is 18.5 Å². The van der Waals surface area contributed by atoms with Crippen LogP contribution in [0.5, 0.6) is 0 Å². The van der Waals surface area contributed by atoms with Gasteiger partial charge in [0, 0.05) is 24.4 Å². The van der Waals surface area contributed by atoms with E-state index in [2.05, 4.69) is 11.9 Å². The second-order valence-corrected chi connectivity index (χ2v) is 8.71. The van der Waals surface area contributed by atoms with E-state index in [0.29, 0.717) is 16.2 Å². The third-order valence-electron chi connectivity index (χ3n) is 4.27. The molecule has 1 aromatic carbocycles. The van der Waals surface area contributed by atoms with Crippen LogP contribution in [-0.2, 0) is 14.8 Å². The van der Waals surface area contributed by atoms with Crippen molar-refractivity contribution in [3.05, 3.63) is 35.5 Å². The predicted octanol–water partition coefficient (Wildman–Crippen LogP) is 1.99. The Morgan fingerprint density at radius 2 is 2.00 bits per heavy atom. The molecule has 1 heterocycles. The molecule has 0 spiro atoms. The molecule has 2 rings (SSSR count). The van der Waals surface area contributed by atoms with E-state index in [9.17, 15) is 13.2 Å². The number of hydrogen-bond donors (Lipinski definition) is 4. The number of unbranched alkanes of at least 4 members (excludes halogenated alkanes) is 1. The minimum atomic E-state index is -3.82. The summed E-state index contributed by atoms with van der Waals surface area (Å²) < 4.78 is 22.9. The van der Waals surface area contributed by atoms with Crippen LogP contribution < -0.4 is 16.6 Å². The molecular weight excluding hydrogens is 418 g/mol. The monoisotopic (exact) mass is 445 g/mol. The maximum atomic E-state index is 11.4. The normalized spacial score (nSPS) is 16.7. The molecule has 1 aliphatic heterocycles. The van der Waals surface area contributed by atoms with E-state index in [0.717, 1.165) is 19.3 Å². The van der Waals surface area contributed by atoms with Crippen molar-refractivity contribution in [3.8, 4) is 0 Å². The van der Waals surface area contributed by atoms with Crippen molar-refractivity contribution in [2.45, 2.75) is 44.2 Å². The second-order valence-electron chi connectivity index (χ2n) is 6.75. The highest BCUT2D eigenvalue weighted by atomic mass is 35.5. The Morgan fingerprint density at radius 3 is 2.48 bits per heavy atom. The number of fused-ring (bicyclic) bond motifs is 1. The molecular formula is C18H28ClN5O4S. The van der Waals surface area contributed by atoms with Gasteiger partial charge in [-0.05, 0) is 18.6 Å². The molecule has 0 amide bonds. The van der Waals surface area contributed by atoms with Crippen molar-refractivity contribution in [2.75, 3.05) is 7.05 Å². The van der Waals surface area contributed by atoms with E-state index >= 15 is 0 Å². The molecule has 29 heavy (non-hydrogen) atoms. The second kappa shape index (κ2) is 10.5. The highest BCUT2D eigenvalue weighted by Crippen LogP contribution is 2.37. The molecule has 9 nitrogen and oxygen atoms in total. The summed E-state index contributed by atoms with van der Waals surface area (Å²) in [6.07, 6.45) is 4.02. The van der Waals surface area contributed by atoms with Crippen LogP contribution in [0.25, 0.3) is 5.03 Å². The van der Waals surface area contributed by atoms with E-state index in [1.165, 1.54) is 12.1 Å². The number of benzene rings is 1. The summed E-state index contributed by atoms with van der Waals surface area (Å²) in [6, 6.07) is 4.39. The molecule has 162 valence electrons. The molecule has 0 saturated carbocycles. The lowest BCUT2D eigenvalue weighted by molar-refractivity contribution is -0.141. The number of halogens is 1. The summed E-state index contributed by atoms with van der Waals surface area (Å²) in [5.74, 6) is -0.950. The molecule has 2 unspecified atom stereocenters. The number of rotatable bonds is 6. The Bertz CT molecular complexity index is 898. The highest BCUT2D eigenvalue weighted by Gasteiger charge is 2.26. The van der Waals surface area contributed by atoms with Gasteiger partial charge in [0.2, 0.25) is 10.0 Å². The number of guanidine groups is 1. The zero-order valence-electron chi connectivity index (χ0n) is 16.7. The van der Waals surface area contributed by atoms with Crippen molar-refractivity contribution in [3.63, 3.8) is 0 Å². The van der Waals surface area contributed by atoms with Gasteiger partial charge in [-0.15, -0.1) is 0 Å². The zero-order valence-corrected chi connectivity index (χ0v) is 18.2. The third kappa shape index (κ3) is 7.22. The number of nitrogens with two attached hydrogens (primary N) is 3. The molecule has 0 saturated heterocycles. The van der Waals surface area contributed by atoms with Gasteiger partial charge in [0.1, 0.15) is 0 Å². The fourth-order valence-corrected chi connectivity index (χ4v) is 3.50. The lowest BCUT2D eigenvalue weighted by Gasteiger charge is -2.30. The number of hydrogen-bond acceptors (Lipinski definition) is 5. The van der Waals surface area contributed by atoms with Crippen molar-refractivity contribution >= 4 is 38.6 Å². The minimum absolute atomic E-state index is 0.0215. The Balaban J connectivity index is 0.000000396. The number of sulfonamides is 1. The summed E-state index contributed by atoms with van der Waals surface area (Å²) in [7, 11) is -2.09. The maximum absolute atomic E-state index is 11.4. The first-order chi connectivity index (χ1) is 13.4. The molecule has 11 heteroatoms. The van der Waals surface area contributed by atoms with Gasteiger partial charge in [0.05, 0.1) is 15.8 Å². The van der Waals surface area contributed by atoms with Crippen LogP contribution in [0.3, 0.4) is 0 Å². The summed E-state index contributed by atoms with van der Waals surface area (Å²) in [6.45, 7) is 3.81. The van der Waals surface area contributed by atoms with E-state index in [1.54, 1.807) is 31.1 Å². The van der Waals surface area contributed by atoms with E-state index < -0.39 is 22.2 Å². The Kier molecular flexibility index (Phi) is 8.93. The lowest BCUT2D eigenvalue weighted by atomic mass is 10.0. The quantitative estimate of drug-likeness (QED) is 0.383. The number of primary sulfonamides is 1. The van der Waals surface area contributed by atoms with Crippen molar-refractivity contribution in [1.82, 2.24) is 4.90 Å². The first-order valence-electron chi connectivity index (χ1n) is 8.96. The van der Waals surface area contributed by atoms with Crippen molar-refractivity contribution in [2.24, 2.45) is 27.5 Å². The SMILES string of the molecule is CCCCC(C)C(=O)O.CN1C=C(Cl)c2ccc(S(N)(=O)=O)cc2C1N=C(N)N. The maximum Gasteiger partial charge on any atom is 0.306 e. The van der Waals surface area contributed by atoms with Gasteiger partial charge in [0.15, 0.2) is 12.1 Å². The molecule has 0 radical (unpaired) electrons. The molecule has 0 bridgehead atoms. The van der Waals surface area contributed by atoms with Gasteiger partial charge in [0.25, 0.3) is 0 Å². The molecule has 0 aliphatic carbocycles. The third-order valence-corrected chi connectivity index (χ3v) is 5.49. The van der Waals surface area contributed by atoms with Gasteiger partial charge < -0.3 is 21.5 Å². The van der Waals surface area contributed by atoms with Crippen LogP contribution in [0.1, 0.15) is 50.4 Å². The van der Waals surface area contributed by atoms with Crippen LogP contribution in [-0.4, -0.2) is 37.4 Å². The molecule has 0 aromatic heterocycles. The number of aliphatic carboxylic acids is 1. The largest absolute Gasteiger partial charge is 0.481 e. The molecule has 0 fully saturated rings. The number of aliphatic imine (C=N–C) groups is 1. The van der Waals surface area contributed by atoms with Crippen LogP contribution in [0.2, 0.25) is 0 Å². The fraction of sp³-hybridized carbons (Fsp3) is 0.444. The van der Waals surface area contributed by atoms with Gasteiger partial charge >= 0.3 is 5.97 Å². The highest BCUT2D eigenvalue weighted by molar-refractivity contribution is 7.89. The first kappa shape index (κ1) is 24.7. The summed E-state index contributed by atoms with van der Waals surface area (Å²) >= 11 is 6.14. The number of nitrogens with zero attached hydrogens (tertiary/aromatic N) is 2. The average Bonchev–Trinajstić information content (AvgIpc) is 2.62. The van der Waals surface area contributed by atoms with E-state index in [1.807, 2.05) is 0 Å².